The van der Waals surface area contributed by atoms with Gasteiger partial charge in [0.05, 0.1) is 16.9 Å². The lowest BCUT2D eigenvalue weighted by Gasteiger charge is -2.12. The van der Waals surface area contributed by atoms with Crippen molar-refractivity contribution in [3.05, 3.63) is 60.0 Å². The van der Waals surface area contributed by atoms with E-state index >= 15 is 0 Å². The third kappa shape index (κ3) is 2.28. The first-order chi connectivity index (χ1) is 9.75. The van der Waals surface area contributed by atoms with E-state index < -0.39 is 0 Å². The molecule has 0 spiro atoms. The molecule has 3 rings (SSSR count). The average Bonchev–Trinajstić information content (AvgIpc) is 2.49. The monoisotopic (exact) mass is 266 g/mol. The van der Waals surface area contributed by atoms with E-state index in [-0.39, 0.29) is 5.75 Å². The van der Waals surface area contributed by atoms with Gasteiger partial charge in [0.2, 0.25) is 0 Å². The smallest absolute Gasteiger partial charge is 0.180 e. The lowest BCUT2D eigenvalue weighted by atomic mass is 10.1. The molecule has 0 unspecified atom stereocenters. The predicted octanol–water partition coefficient (Wildman–Crippen LogP) is 3.22. The highest BCUT2D eigenvalue weighted by Gasteiger charge is 2.13. The Morgan fingerprint density at radius 2 is 1.90 bits per heavy atom. The Bertz CT molecular complexity index is 742. The van der Waals surface area contributed by atoms with Gasteiger partial charge in [-0.25, -0.2) is 4.98 Å². The molecule has 100 valence electrons. The minimum absolute atomic E-state index is 0.0830. The molecule has 0 bridgehead atoms. The molecule has 0 aliphatic carbocycles. The lowest BCUT2D eigenvalue weighted by molar-refractivity contribution is 0.287. The van der Waals surface area contributed by atoms with Gasteiger partial charge in [-0.1, -0.05) is 18.2 Å². The quantitative estimate of drug-likeness (QED) is 0.790. The Morgan fingerprint density at radius 1 is 1.10 bits per heavy atom. The second-order valence-electron chi connectivity index (χ2n) is 4.50. The van der Waals surface area contributed by atoms with Crippen LogP contribution >= 0.6 is 0 Å². The number of pyridine rings is 2. The van der Waals surface area contributed by atoms with Crippen LogP contribution in [0.3, 0.4) is 0 Å². The van der Waals surface area contributed by atoms with E-state index in [1.165, 1.54) is 0 Å². The number of hydrogen-bond acceptors (Lipinski definition) is 4. The lowest BCUT2D eigenvalue weighted by Crippen LogP contribution is -2.00. The molecule has 1 N–H and O–H groups in total. The minimum atomic E-state index is 0.0830. The fourth-order valence-corrected chi connectivity index (χ4v) is 2.06. The van der Waals surface area contributed by atoms with Crippen molar-refractivity contribution in [1.82, 2.24) is 9.97 Å². The number of aromatic nitrogens is 2. The summed E-state index contributed by atoms with van der Waals surface area (Å²) >= 11 is 0. The number of nitrogens with zero attached hydrogens (tertiary/aromatic N) is 2. The van der Waals surface area contributed by atoms with Crippen LogP contribution in [0.4, 0.5) is 0 Å². The van der Waals surface area contributed by atoms with Crippen molar-refractivity contribution in [3.8, 4) is 11.5 Å². The number of fused-ring (bicyclic) bond motifs is 1. The van der Waals surface area contributed by atoms with Crippen LogP contribution in [-0.4, -0.2) is 15.1 Å². The molecule has 0 aliphatic rings. The highest BCUT2D eigenvalue weighted by atomic mass is 16.5. The van der Waals surface area contributed by atoms with Crippen molar-refractivity contribution >= 4 is 10.9 Å². The third-order valence-corrected chi connectivity index (χ3v) is 3.09. The Kier molecular flexibility index (Phi) is 3.21. The highest BCUT2D eigenvalue weighted by Crippen LogP contribution is 2.36. The van der Waals surface area contributed by atoms with Crippen LogP contribution in [-0.2, 0) is 6.61 Å². The van der Waals surface area contributed by atoms with Gasteiger partial charge in [0.25, 0.3) is 0 Å². The first kappa shape index (κ1) is 12.4. The standard InChI is InChI=1S/C16H14N2O2/c1-11-15(19)16(13-7-2-3-8-14(13)18-11)20-10-12-6-4-5-9-17-12/h2-9,19H,10H2,1H3. The van der Waals surface area contributed by atoms with E-state index in [0.29, 0.717) is 18.1 Å². The zero-order chi connectivity index (χ0) is 13.9. The molecule has 4 nitrogen and oxygen atoms in total. The number of para-hydroxylation sites is 1. The second-order valence-corrected chi connectivity index (χ2v) is 4.50. The van der Waals surface area contributed by atoms with Crippen LogP contribution in [0.15, 0.2) is 48.7 Å². The van der Waals surface area contributed by atoms with E-state index in [1.54, 1.807) is 13.1 Å². The van der Waals surface area contributed by atoms with Crippen molar-refractivity contribution in [2.24, 2.45) is 0 Å². The zero-order valence-electron chi connectivity index (χ0n) is 11.1. The predicted molar refractivity (Wildman–Crippen MR) is 76.7 cm³/mol. The summed E-state index contributed by atoms with van der Waals surface area (Å²) in [6.07, 6.45) is 1.72. The van der Waals surface area contributed by atoms with Crippen LogP contribution in [0.5, 0.6) is 11.5 Å². The van der Waals surface area contributed by atoms with Crippen molar-refractivity contribution in [1.29, 1.82) is 0 Å². The molecule has 0 atom stereocenters. The van der Waals surface area contributed by atoms with Gasteiger partial charge in [-0.15, -0.1) is 0 Å². The molecule has 0 fully saturated rings. The fourth-order valence-electron chi connectivity index (χ4n) is 2.06. The highest BCUT2D eigenvalue weighted by molar-refractivity contribution is 5.87. The summed E-state index contributed by atoms with van der Waals surface area (Å²) in [4.78, 5) is 8.55. The fraction of sp³-hybridized carbons (Fsp3) is 0.125. The molecule has 20 heavy (non-hydrogen) atoms. The van der Waals surface area contributed by atoms with E-state index in [9.17, 15) is 5.11 Å². The van der Waals surface area contributed by atoms with Gasteiger partial charge in [-0.3, -0.25) is 4.98 Å². The molecule has 1 aromatic carbocycles. The van der Waals surface area contributed by atoms with Gasteiger partial charge >= 0.3 is 0 Å². The average molecular weight is 266 g/mol. The number of aromatic hydroxyl groups is 1. The number of hydrogen-bond donors (Lipinski definition) is 1. The molecule has 0 radical (unpaired) electrons. The van der Waals surface area contributed by atoms with E-state index in [2.05, 4.69) is 9.97 Å². The van der Waals surface area contributed by atoms with Crippen molar-refractivity contribution in [2.45, 2.75) is 13.5 Å². The summed E-state index contributed by atoms with van der Waals surface area (Å²) in [5.74, 6) is 0.540. The molecule has 0 saturated carbocycles. The SMILES string of the molecule is Cc1nc2ccccc2c(OCc2ccccn2)c1O. The maximum Gasteiger partial charge on any atom is 0.180 e. The number of ether oxygens (including phenoxy) is 1. The topological polar surface area (TPSA) is 55.2 Å². The molecule has 0 saturated heterocycles. The molecule has 0 amide bonds. The maximum absolute atomic E-state index is 10.2. The molecule has 3 aromatic rings. The maximum atomic E-state index is 10.2. The van der Waals surface area contributed by atoms with Gasteiger partial charge in [0.1, 0.15) is 6.61 Å². The number of aryl methyl sites for hydroxylation is 1. The summed E-state index contributed by atoms with van der Waals surface area (Å²) < 4.78 is 5.76. The van der Waals surface area contributed by atoms with Crippen molar-refractivity contribution in [2.75, 3.05) is 0 Å². The van der Waals surface area contributed by atoms with Crippen LogP contribution in [0, 0.1) is 6.92 Å². The second kappa shape index (κ2) is 5.17. The molecular formula is C16H14N2O2. The van der Waals surface area contributed by atoms with Crippen molar-refractivity contribution < 1.29 is 9.84 Å². The third-order valence-electron chi connectivity index (χ3n) is 3.09. The van der Waals surface area contributed by atoms with Crippen molar-refractivity contribution in [3.63, 3.8) is 0 Å². The first-order valence-electron chi connectivity index (χ1n) is 6.37. The van der Waals surface area contributed by atoms with Crippen LogP contribution in [0.1, 0.15) is 11.4 Å². The summed E-state index contributed by atoms with van der Waals surface area (Å²) in [5, 5.41) is 11.0. The van der Waals surface area contributed by atoms with E-state index in [4.69, 9.17) is 4.74 Å². The Morgan fingerprint density at radius 3 is 2.70 bits per heavy atom. The van der Waals surface area contributed by atoms with E-state index in [1.807, 2.05) is 42.5 Å². The summed E-state index contributed by atoms with van der Waals surface area (Å²) in [6.45, 7) is 2.07. The normalized spacial score (nSPS) is 10.7. The van der Waals surface area contributed by atoms with Gasteiger partial charge in [0.15, 0.2) is 11.5 Å². The minimum Gasteiger partial charge on any atom is -0.503 e. The largest absolute Gasteiger partial charge is 0.503 e. The van der Waals surface area contributed by atoms with Gasteiger partial charge in [-0.05, 0) is 31.2 Å². The molecule has 0 aliphatic heterocycles. The van der Waals surface area contributed by atoms with E-state index in [0.717, 1.165) is 16.6 Å². The Hall–Kier alpha value is -2.62. The number of rotatable bonds is 3. The Labute approximate surface area is 116 Å². The summed E-state index contributed by atoms with van der Waals surface area (Å²) in [6, 6.07) is 13.2. The molecule has 2 heterocycles. The first-order valence-corrected chi connectivity index (χ1v) is 6.37. The number of benzene rings is 1. The van der Waals surface area contributed by atoms with Crippen LogP contribution in [0.25, 0.3) is 10.9 Å². The van der Waals surface area contributed by atoms with Gasteiger partial charge in [0, 0.05) is 11.6 Å². The van der Waals surface area contributed by atoms with Crippen LogP contribution in [0.2, 0.25) is 0 Å². The molecular weight excluding hydrogens is 252 g/mol. The van der Waals surface area contributed by atoms with Gasteiger partial charge < -0.3 is 9.84 Å². The Balaban J connectivity index is 2.00. The zero-order valence-corrected chi connectivity index (χ0v) is 11.1. The van der Waals surface area contributed by atoms with Gasteiger partial charge in [-0.2, -0.15) is 0 Å². The molecule has 2 aromatic heterocycles. The summed E-state index contributed by atoms with van der Waals surface area (Å²) in [7, 11) is 0. The van der Waals surface area contributed by atoms with Crippen LogP contribution < -0.4 is 4.74 Å². The summed E-state index contributed by atoms with van der Waals surface area (Å²) in [5.41, 5.74) is 2.17. The molecule has 4 heteroatoms.